The molecule has 0 aliphatic carbocycles. The van der Waals surface area contributed by atoms with Crippen molar-refractivity contribution in [2.75, 3.05) is 7.11 Å². The largest absolute Gasteiger partial charge is 0.469 e. The zero-order chi connectivity index (χ0) is 12.1. The number of carbonyl (C=O) groups excluding carboxylic acids is 1. The number of hydrogen-bond donors (Lipinski definition) is 1. The summed E-state index contributed by atoms with van der Waals surface area (Å²) >= 11 is 0. The van der Waals surface area contributed by atoms with Crippen molar-refractivity contribution in [3.05, 3.63) is 17.5 Å². The minimum absolute atomic E-state index is 0.104. The Bertz CT molecular complexity index is 360. The molecule has 1 atom stereocenters. The van der Waals surface area contributed by atoms with E-state index in [9.17, 15) is 4.79 Å². The molecule has 0 aliphatic heterocycles. The predicted molar refractivity (Wildman–Crippen MR) is 60.9 cm³/mol. The van der Waals surface area contributed by atoms with Gasteiger partial charge in [0, 0.05) is 31.4 Å². The maximum atomic E-state index is 11.0. The fourth-order valence-electron chi connectivity index (χ4n) is 1.51. The lowest BCUT2D eigenvalue weighted by Gasteiger charge is -2.11. The number of aryl methyl sites for hydroxylation is 2. The van der Waals surface area contributed by atoms with E-state index in [0.29, 0.717) is 6.42 Å². The fourth-order valence-corrected chi connectivity index (χ4v) is 1.51. The summed E-state index contributed by atoms with van der Waals surface area (Å²) in [6.45, 7) is 4.66. The first-order valence-electron chi connectivity index (χ1n) is 5.32. The Morgan fingerprint density at radius 2 is 2.38 bits per heavy atom. The van der Waals surface area contributed by atoms with E-state index in [1.54, 1.807) is 4.68 Å². The lowest BCUT2D eigenvalue weighted by Crippen LogP contribution is -2.28. The van der Waals surface area contributed by atoms with Crippen LogP contribution in [0, 0.1) is 6.92 Å². The van der Waals surface area contributed by atoms with E-state index in [2.05, 4.69) is 15.2 Å². The second kappa shape index (κ2) is 5.65. The quantitative estimate of drug-likeness (QED) is 0.752. The Morgan fingerprint density at radius 3 is 2.88 bits per heavy atom. The summed E-state index contributed by atoms with van der Waals surface area (Å²) in [5.74, 6) is -0.192. The molecule has 1 unspecified atom stereocenters. The monoisotopic (exact) mass is 225 g/mol. The van der Waals surface area contributed by atoms with Gasteiger partial charge in [0.2, 0.25) is 0 Å². The smallest absolute Gasteiger partial charge is 0.307 e. The van der Waals surface area contributed by atoms with Gasteiger partial charge in [-0.25, -0.2) is 0 Å². The molecule has 1 heterocycles. The Kier molecular flexibility index (Phi) is 4.49. The van der Waals surface area contributed by atoms with Gasteiger partial charge in [-0.05, 0) is 13.8 Å². The number of ether oxygens (including phenoxy) is 1. The molecule has 0 saturated heterocycles. The third-order valence-corrected chi connectivity index (χ3v) is 2.46. The zero-order valence-corrected chi connectivity index (χ0v) is 10.3. The molecule has 0 amide bonds. The van der Waals surface area contributed by atoms with E-state index in [1.165, 1.54) is 7.11 Å². The second-order valence-corrected chi connectivity index (χ2v) is 3.98. The van der Waals surface area contributed by atoms with Gasteiger partial charge in [-0.1, -0.05) is 0 Å². The highest BCUT2D eigenvalue weighted by Gasteiger charge is 2.09. The van der Waals surface area contributed by atoms with Crippen LogP contribution in [0.1, 0.15) is 24.6 Å². The van der Waals surface area contributed by atoms with Crippen molar-refractivity contribution in [1.29, 1.82) is 0 Å². The van der Waals surface area contributed by atoms with Crippen molar-refractivity contribution in [3.63, 3.8) is 0 Å². The standard InChI is InChI=1S/C11H19N3O2/c1-8(5-11(15)16-4)12-6-10-7-14(3)13-9(10)2/h7-8,12H,5-6H2,1-4H3. The van der Waals surface area contributed by atoms with Crippen LogP contribution in [-0.2, 0) is 23.1 Å². The van der Waals surface area contributed by atoms with Crippen molar-refractivity contribution in [3.8, 4) is 0 Å². The summed E-state index contributed by atoms with van der Waals surface area (Å²) in [5.41, 5.74) is 2.17. The summed E-state index contributed by atoms with van der Waals surface area (Å²) in [6.07, 6.45) is 2.36. The number of hydrogen-bond acceptors (Lipinski definition) is 4. The van der Waals surface area contributed by atoms with Crippen molar-refractivity contribution in [2.45, 2.75) is 32.9 Å². The molecule has 0 aliphatic rings. The third kappa shape index (κ3) is 3.66. The van der Waals surface area contributed by atoms with Crippen molar-refractivity contribution in [1.82, 2.24) is 15.1 Å². The summed E-state index contributed by atoms with van der Waals surface area (Å²) in [7, 11) is 3.30. The van der Waals surface area contributed by atoms with Gasteiger partial charge in [-0.2, -0.15) is 5.10 Å². The zero-order valence-electron chi connectivity index (χ0n) is 10.3. The molecule has 0 bridgehead atoms. The molecule has 1 rings (SSSR count). The second-order valence-electron chi connectivity index (χ2n) is 3.98. The average molecular weight is 225 g/mol. The van der Waals surface area contributed by atoms with E-state index in [0.717, 1.165) is 17.8 Å². The first-order chi connectivity index (χ1) is 7.52. The molecule has 0 radical (unpaired) electrons. The lowest BCUT2D eigenvalue weighted by atomic mass is 10.2. The van der Waals surface area contributed by atoms with Gasteiger partial charge >= 0.3 is 5.97 Å². The highest BCUT2D eigenvalue weighted by atomic mass is 16.5. The van der Waals surface area contributed by atoms with Crippen molar-refractivity contribution < 1.29 is 9.53 Å². The van der Waals surface area contributed by atoms with Gasteiger partial charge in [0.1, 0.15) is 0 Å². The highest BCUT2D eigenvalue weighted by molar-refractivity contribution is 5.69. The minimum Gasteiger partial charge on any atom is -0.469 e. The van der Waals surface area contributed by atoms with Gasteiger partial charge < -0.3 is 10.1 Å². The molecule has 16 heavy (non-hydrogen) atoms. The summed E-state index contributed by atoms with van der Waals surface area (Å²) < 4.78 is 6.39. The Balaban J connectivity index is 2.39. The number of rotatable bonds is 5. The van der Waals surface area contributed by atoms with Gasteiger partial charge in [-0.15, -0.1) is 0 Å². The van der Waals surface area contributed by atoms with Crippen LogP contribution in [-0.4, -0.2) is 28.9 Å². The van der Waals surface area contributed by atoms with Gasteiger partial charge in [-0.3, -0.25) is 9.48 Å². The number of nitrogens with zero attached hydrogens (tertiary/aromatic N) is 2. The Morgan fingerprint density at radius 1 is 1.69 bits per heavy atom. The van der Waals surface area contributed by atoms with Gasteiger partial charge in [0.15, 0.2) is 0 Å². The predicted octanol–water partition coefficient (Wildman–Crippen LogP) is 0.770. The maximum Gasteiger partial charge on any atom is 0.307 e. The minimum atomic E-state index is -0.192. The topological polar surface area (TPSA) is 56.1 Å². The van der Waals surface area contributed by atoms with Crippen LogP contribution in [0.4, 0.5) is 0 Å². The highest BCUT2D eigenvalue weighted by Crippen LogP contribution is 2.05. The van der Waals surface area contributed by atoms with Crippen molar-refractivity contribution >= 4 is 5.97 Å². The molecule has 90 valence electrons. The van der Waals surface area contributed by atoms with Gasteiger partial charge in [0.25, 0.3) is 0 Å². The Hall–Kier alpha value is -1.36. The molecule has 1 aromatic heterocycles. The fraction of sp³-hybridized carbons (Fsp3) is 0.636. The van der Waals surface area contributed by atoms with Crippen molar-refractivity contribution in [2.24, 2.45) is 7.05 Å². The normalized spacial score (nSPS) is 12.5. The van der Waals surface area contributed by atoms with Crippen LogP contribution < -0.4 is 5.32 Å². The van der Waals surface area contributed by atoms with Crippen LogP contribution in [0.5, 0.6) is 0 Å². The number of aromatic nitrogens is 2. The van der Waals surface area contributed by atoms with Crippen LogP contribution in [0.2, 0.25) is 0 Å². The molecule has 1 N–H and O–H groups in total. The van der Waals surface area contributed by atoms with E-state index in [4.69, 9.17) is 0 Å². The van der Waals surface area contributed by atoms with E-state index in [1.807, 2.05) is 27.1 Å². The molecule has 5 nitrogen and oxygen atoms in total. The van der Waals surface area contributed by atoms with Gasteiger partial charge in [0.05, 0.1) is 19.2 Å². The van der Waals surface area contributed by atoms with E-state index < -0.39 is 0 Å². The molecule has 5 heteroatoms. The molecular weight excluding hydrogens is 206 g/mol. The Labute approximate surface area is 95.8 Å². The molecule has 1 aromatic rings. The van der Waals surface area contributed by atoms with E-state index >= 15 is 0 Å². The molecule has 0 fully saturated rings. The number of nitrogens with one attached hydrogen (secondary N) is 1. The number of esters is 1. The van der Waals surface area contributed by atoms with Crippen LogP contribution >= 0.6 is 0 Å². The number of carbonyl (C=O) groups is 1. The summed E-state index contributed by atoms with van der Waals surface area (Å²) in [5, 5.41) is 7.52. The van der Waals surface area contributed by atoms with Crippen LogP contribution in [0.3, 0.4) is 0 Å². The molecule has 0 saturated carbocycles. The van der Waals surface area contributed by atoms with Crippen LogP contribution in [0.25, 0.3) is 0 Å². The molecule has 0 spiro atoms. The van der Waals surface area contributed by atoms with Crippen LogP contribution in [0.15, 0.2) is 6.20 Å². The first-order valence-corrected chi connectivity index (χ1v) is 5.32. The molecule has 0 aromatic carbocycles. The average Bonchev–Trinajstić information content (AvgIpc) is 2.54. The first kappa shape index (κ1) is 12.7. The third-order valence-electron chi connectivity index (χ3n) is 2.46. The summed E-state index contributed by atoms with van der Waals surface area (Å²) in [6, 6.07) is 0.104. The number of methoxy groups -OCH3 is 1. The van der Waals surface area contributed by atoms with E-state index in [-0.39, 0.29) is 12.0 Å². The molecular formula is C11H19N3O2. The lowest BCUT2D eigenvalue weighted by molar-refractivity contribution is -0.141. The maximum absolute atomic E-state index is 11.0. The summed E-state index contributed by atoms with van der Waals surface area (Å²) in [4.78, 5) is 11.0. The SMILES string of the molecule is COC(=O)CC(C)NCc1cn(C)nc1C.